The van der Waals surface area contributed by atoms with Crippen molar-refractivity contribution in [3.05, 3.63) is 100 Å². The summed E-state index contributed by atoms with van der Waals surface area (Å²) in [4.78, 5) is 12.7. The zero-order valence-corrected chi connectivity index (χ0v) is 18.3. The van der Waals surface area contributed by atoms with Crippen LogP contribution in [-0.2, 0) is 14.8 Å². The van der Waals surface area contributed by atoms with E-state index in [1.807, 2.05) is 6.07 Å². The molecule has 0 radical (unpaired) electrons. The van der Waals surface area contributed by atoms with Crippen molar-refractivity contribution in [1.29, 1.82) is 0 Å². The van der Waals surface area contributed by atoms with Crippen LogP contribution < -0.4 is 10.0 Å². The van der Waals surface area contributed by atoms with E-state index in [-0.39, 0.29) is 17.9 Å². The van der Waals surface area contributed by atoms with E-state index in [0.717, 1.165) is 5.56 Å². The number of carbonyl (C=O) groups excluding carboxylic acids is 1. The molecule has 1 atom stereocenters. The van der Waals surface area contributed by atoms with Gasteiger partial charge in [0.25, 0.3) is 0 Å². The summed E-state index contributed by atoms with van der Waals surface area (Å²) < 4.78 is 42.1. The summed E-state index contributed by atoms with van der Waals surface area (Å²) in [7, 11) is -3.70. The Morgan fingerprint density at radius 1 is 0.967 bits per heavy atom. The van der Waals surface area contributed by atoms with Gasteiger partial charge in [-0.05, 0) is 29.8 Å². The summed E-state index contributed by atoms with van der Waals surface area (Å²) >= 11 is 3.23. The van der Waals surface area contributed by atoms with Crippen LogP contribution in [-0.4, -0.2) is 20.9 Å². The minimum atomic E-state index is -3.70. The minimum Gasteiger partial charge on any atom is -0.345 e. The van der Waals surface area contributed by atoms with Crippen molar-refractivity contribution in [2.75, 3.05) is 6.54 Å². The van der Waals surface area contributed by atoms with Gasteiger partial charge in [-0.1, -0.05) is 70.5 Å². The Morgan fingerprint density at radius 2 is 1.60 bits per heavy atom. The molecule has 5 nitrogen and oxygen atoms in total. The number of carbonyl (C=O) groups is 1. The summed E-state index contributed by atoms with van der Waals surface area (Å²) in [5.74, 6) is -0.856. The standard InChI is InChI=1S/C22H20BrFN2O3S/c23-17-11-12-19(20(24)15-17)22(16-7-3-1-4-8-16)26-21(27)13-14-25-30(28,29)18-9-5-2-6-10-18/h1-12,15,22,25H,13-14H2,(H,26,27). The molecule has 2 N–H and O–H groups in total. The van der Waals surface area contributed by atoms with Crippen LogP contribution in [0.1, 0.15) is 23.6 Å². The Kier molecular flexibility index (Phi) is 7.36. The molecule has 3 aromatic carbocycles. The number of hydrogen-bond donors (Lipinski definition) is 2. The Hall–Kier alpha value is -2.55. The van der Waals surface area contributed by atoms with E-state index in [1.54, 1.807) is 54.6 Å². The summed E-state index contributed by atoms with van der Waals surface area (Å²) in [5.41, 5.74) is 1.04. The maximum absolute atomic E-state index is 14.6. The normalized spacial score (nSPS) is 12.3. The molecule has 3 rings (SSSR count). The van der Waals surface area contributed by atoms with Crippen molar-refractivity contribution in [2.45, 2.75) is 17.4 Å². The monoisotopic (exact) mass is 490 g/mol. The highest BCUT2D eigenvalue weighted by molar-refractivity contribution is 9.10. The van der Waals surface area contributed by atoms with Crippen molar-refractivity contribution in [3.63, 3.8) is 0 Å². The lowest BCUT2D eigenvalue weighted by molar-refractivity contribution is -0.121. The number of amides is 1. The van der Waals surface area contributed by atoms with Crippen molar-refractivity contribution >= 4 is 31.9 Å². The number of halogens is 2. The Labute approximate surface area is 183 Å². The van der Waals surface area contributed by atoms with E-state index in [4.69, 9.17) is 0 Å². The van der Waals surface area contributed by atoms with Gasteiger partial charge in [-0.3, -0.25) is 4.79 Å². The Morgan fingerprint density at radius 3 is 2.23 bits per heavy atom. The van der Waals surface area contributed by atoms with E-state index in [9.17, 15) is 17.6 Å². The Balaban J connectivity index is 1.70. The molecule has 156 valence electrons. The first-order valence-corrected chi connectivity index (χ1v) is 11.5. The van der Waals surface area contributed by atoms with Crippen LogP contribution in [0.2, 0.25) is 0 Å². The SMILES string of the molecule is O=C(CCNS(=O)(=O)c1ccccc1)NC(c1ccccc1)c1ccc(Br)cc1F. The first kappa shape index (κ1) is 22.1. The molecule has 1 amide bonds. The van der Waals surface area contributed by atoms with Gasteiger partial charge in [0.2, 0.25) is 15.9 Å². The maximum atomic E-state index is 14.6. The molecule has 0 aromatic heterocycles. The smallest absolute Gasteiger partial charge is 0.240 e. The summed E-state index contributed by atoms with van der Waals surface area (Å²) in [6.07, 6.45) is -0.0897. The van der Waals surface area contributed by atoms with Crippen LogP contribution in [0.4, 0.5) is 4.39 Å². The predicted octanol–water partition coefficient (Wildman–Crippen LogP) is 4.16. The number of hydrogen-bond acceptors (Lipinski definition) is 3. The summed E-state index contributed by atoms with van der Waals surface area (Å²) in [5, 5.41) is 2.81. The minimum absolute atomic E-state index is 0.0760. The average Bonchev–Trinajstić information content (AvgIpc) is 2.74. The van der Waals surface area contributed by atoms with Crippen molar-refractivity contribution in [2.24, 2.45) is 0 Å². The molecular weight excluding hydrogens is 471 g/mol. The molecule has 0 aliphatic carbocycles. The molecule has 0 saturated carbocycles. The number of nitrogens with one attached hydrogen (secondary N) is 2. The molecule has 0 heterocycles. The number of benzene rings is 3. The highest BCUT2D eigenvalue weighted by Gasteiger charge is 2.21. The lowest BCUT2D eigenvalue weighted by atomic mass is 9.98. The molecule has 0 bridgehead atoms. The Bertz CT molecular complexity index is 1110. The molecule has 1 unspecified atom stereocenters. The first-order valence-electron chi connectivity index (χ1n) is 9.21. The van der Waals surface area contributed by atoms with Crippen molar-refractivity contribution in [1.82, 2.24) is 10.0 Å². The van der Waals surface area contributed by atoms with Gasteiger partial charge in [-0.15, -0.1) is 0 Å². The van der Waals surface area contributed by atoms with Crippen molar-refractivity contribution < 1.29 is 17.6 Å². The van der Waals surface area contributed by atoms with Gasteiger partial charge in [-0.25, -0.2) is 17.5 Å². The van der Waals surface area contributed by atoms with E-state index >= 15 is 0 Å². The zero-order chi connectivity index (χ0) is 21.6. The van der Waals surface area contributed by atoms with E-state index < -0.39 is 27.8 Å². The van der Waals surface area contributed by atoms with Gasteiger partial charge in [0.05, 0.1) is 10.9 Å². The summed E-state index contributed by atoms with van der Waals surface area (Å²) in [6.45, 7) is -0.0760. The predicted molar refractivity (Wildman–Crippen MR) is 117 cm³/mol. The van der Waals surface area contributed by atoms with Gasteiger partial charge in [-0.2, -0.15) is 0 Å². The highest BCUT2D eigenvalue weighted by Crippen LogP contribution is 2.26. The van der Waals surface area contributed by atoms with Crippen LogP contribution in [0.5, 0.6) is 0 Å². The number of rotatable bonds is 8. The van der Waals surface area contributed by atoms with Gasteiger partial charge in [0.1, 0.15) is 5.82 Å². The molecule has 0 spiro atoms. The van der Waals surface area contributed by atoms with E-state index in [0.29, 0.717) is 10.0 Å². The largest absolute Gasteiger partial charge is 0.345 e. The maximum Gasteiger partial charge on any atom is 0.240 e. The molecule has 0 fully saturated rings. The molecular formula is C22H20BrFN2O3S. The topological polar surface area (TPSA) is 75.3 Å². The first-order chi connectivity index (χ1) is 14.4. The van der Waals surface area contributed by atoms with Gasteiger partial charge < -0.3 is 5.32 Å². The summed E-state index contributed by atoms with van der Waals surface area (Å²) in [6, 6.07) is 20.9. The second-order valence-electron chi connectivity index (χ2n) is 6.54. The van der Waals surface area contributed by atoms with Crippen LogP contribution in [0.25, 0.3) is 0 Å². The fourth-order valence-electron chi connectivity index (χ4n) is 2.94. The van der Waals surface area contributed by atoms with Crippen LogP contribution in [0.15, 0.2) is 88.2 Å². The quantitative estimate of drug-likeness (QED) is 0.497. The third-order valence-corrected chi connectivity index (χ3v) is 6.38. The van der Waals surface area contributed by atoms with Crippen LogP contribution in [0.3, 0.4) is 0 Å². The molecule has 0 saturated heterocycles. The fourth-order valence-corrected chi connectivity index (χ4v) is 4.32. The second-order valence-corrected chi connectivity index (χ2v) is 9.22. The third kappa shape index (κ3) is 5.75. The second kappa shape index (κ2) is 9.97. The lowest BCUT2D eigenvalue weighted by Gasteiger charge is -2.21. The van der Waals surface area contributed by atoms with Gasteiger partial charge in [0.15, 0.2) is 0 Å². The average molecular weight is 491 g/mol. The molecule has 0 aliphatic heterocycles. The molecule has 3 aromatic rings. The molecule has 30 heavy (non-hydrogen) atoms. The van der Waals surface area contributed by atoms with Gasteiger partial charge in [0, 0.05) is 23.0 Å². The van der Waals surface area contributed by atoms with E-state index in [2.05, 4.69) is 26.0 Å². The third-order valence-electron chi connectivity index (χ3n) is 4.41. The highest BCUT2D eigenvalue weighted by atomic mass is 79.9. The fraction of sp³-hybridized carbons (Fsp3) is 0.136. The van der Waals surface area contributed by atoms with Crippen LogP contribution >= 0.6 is 15.9 Å². The van der Waals surface area contributed by atoms with Gasteiger partial charge >= 0.3 is 0 Å². The zero-order valence-electron chi connectivity index (χ0n) is 15.9. The van der Waals surface area contributed by atoms with E-state index in [1.165, 1.54) is 18.2 Å². The van der Waals surface area contributed by atoms with Crippen LogP contribution in [0, 0.1) is 5.82 Å². The van der Waals surface area contributed by atoms with Crippen molar-refractivity contribution in [3.8, 4) is 0 Å². The lowest BCUT2D eigenvalue weighted by Crippen LogP contribution is -2.33. The molecule has 0 aliphatic rings. The number of sulfonamides is 1. The molecule has 8 heteroatoms.